The summed E-state index contributed by atoms with van der Waals surface area (Å²) >= 11 is 1.56. The largest absolute Gasteiger partial charge is 0.367 e. The normalized spacial score (nSPS) is 11.3. The molecule has 3 rings (SSSR count). The van der Waals surface area contributed by atoms with Crippen LogP contribution in [0.4, 0.5) is 5.69 Å². The third-order valence-electron chi connectivity index (χ3n) is 3.86. The molecule has 0 atom stereocenters. The average Bonchev–Trinajstić information content (AvgIpc) is 2.86. The van der Waals surface area contributed by atoms with Gasteiger partial charge in [-0.25, -0.2) is 9.48 Å². The van der Waals surface area contributed by atoms with E-state index in [1.807, 2.05) is 38.1 Å². The van der Waals surface area contributed by atoms with Crippen LogP contribution in [-0.4, -0.2) is 30.6 Å². The van der Waals surface area contributed by atoms with E-state index in [-0.39, 0.29) is 12.5 Å². The molecule has 136 valence electrons. The van der Waals surface area contributed by atoms with Crippen LogP contribution in [0, 0.1) is 13.8 Å². The van der Waals surface area contributed by atoms with E-state index < -0.39 is 5.69 Å². The summed E-state index contributed by atoms with van der Waals surface area (Å²) in [6.07, 6.45) is 0. The van der Waals surface area contributed by atoms with Crippen LogP contribution in [-0.2, 0) is 11.3 Å². The first-order valence-electron chi connectivity index (χ1n) is 8.34. The fourth-order valence-corrected chi connectivity index (χ4v) is 3.21. The van der Waals surface area contributed by atoms with Crippen molar-refractivity contribution in [2.75, 3.05) is 5.32 Å². The average molecular weight is 371 g/mol. The summed E-state index contributed by atoms with van der Waals surface area (Å²) in [5, 5.41) is 12.4. The van der Waals surface area contributed by atoms with Gasteiger partial charge in [0.05, 0.1) is 0 Å². The van der Waals surface area contributed by atoms with Gasteiger partial charge >= 0.3 is 5.69 Å². The molecule has 0 aliphatic heterocycles. The first kappa shape index (κ1) is 18.2. The van der Waals surface area contributed by atoms with Gasteiger partial charge in [-0.1, -0.05) is 19.9 Å². The van der Waals surface area contributed by atoms with Crippen LogP contribution in [0.3, 0.4) is 0 Å². The third-order valence-corrected chi connectivity index (χ3v) is 4.79. The lowest BCUT2D eigenvalue weighted by Crippen LogP contribution is -2.28. The standard InChI is InChI=1S/C18H21N5O2S/c1-11(2)26-17-8-7-15-20-22(18(25)23(15)21-17)10-16(24)19-14-6-5-12(3)13(4)9-14/h5-9,11H,10H2,1-4H3,(H,19,24). The second-order valence-electron chi connectivity index (χ2n) is 6.40. The highest BCUT2D eigenvalue weighted by Crippen LogP contribution is 2.19. The molecular formula is C18H21N5O2S. The lowest BCUT2D eigenvalue weighted by atomic mass is 10.1. The summed E-state index contributed by atoms with van der Waals surface area (Å²) in [5.74, 6) is -0.310. The molecule has 7 nitrogen and oxygen atoms in total. The number of carbonyl (C=O) groups excluding carboxylic acids is 1. The minimum atomic E-state index is -0.429. The van der Waals surface area contributed by atoms with Gasteiger partial charge in [-0.2, -0.15) is 9.61 Å². The van der Waals surface area contributed by atoms with Gasteiger partial charge in [0.25, 0.3) is 0 Å². The van der Waals surface area contributed by atoms with Crippen LogP contribution >= 0.6 is 11.8 Å². The third kappa shape index (κ3) is 3.96. The van der Waals surface area contributed by atoms with Crippen molar-refractivity contribution < 1.29 is 4.79 Å². The van der Waals surface area contributed by atoms with E-state index in [1.165, 1.54) is 4.52 Å². The number of hydrogen-bond acceptors (Lipinski definition) is 5. The Balaban J connectivity index is 1.79. The summed E-state index contributed by atoms with van der Waals surface area (Å²) in [6.45, 7) is 7.94. The highest BCUT2D eigenvalue weighted by atomic mass is 32.2. The van der Waals surface area contributed by atoms with Crippen molar-refractivity contribution in [1.29, 1.82) is 0 Å². The molecule has 2 aromatic heterocycles. The summed E-state index contributed by atoms with van der Waals surface area (Å²) in [4.78, 5) is 24.7. The van der Waals surface area contributed by atoms with Crippen molar-refractivity contribution >= 4 is 29.0 Å². The van der Waals surface area contributed by atoms with Crippen molar-refractivity contribution in [3.05, 3.63) is 51.9 Å². The van der Waals surface area contributed by atoms with Crippen LogP contribution in [0.15, 0.2) is 40.2 Å². The predicted molar refractivity (Wildman–Crippen MR) is 103 cm³/mol. The molecule has 0 spiro atoms. The molecule has 1 amide bonds. The molecule has 0 saturated heterocycles. The first-order valence-corrected chi connectivity index (χ1v) is 9.22. The molecule has 1 aromatic carbocycles. The van der Waals surface area contributed by atoms with Crippen molar-refractivity contribution in [2.24, 2.45) is 0 Å². The molecule has 26 heavy (non-hydrogen) atoms. The molecule has 1 N–H and O–H groups in total. The molecule has 0 bridgehead atoms. The number of nitrogens with zero attached hydrogens (tertiary/aromatic N) is 4. The number of aryl methyl sites for hydroxylation is 2. The minimum absolute atomic E-state index is 0.165. The predicted octanol–water partition coefficient (Wildman–Crippen LogP) is 2.65. The topological polar surface area (TPSA) is 81.3 Å². The number of anilines is 1. The Bertz CT molecular complexity index is 1020. The number of aromatic nitrogens is 4. The number of benzene rings is 1. The molecule has 3 aromatic rings. The van der Waals surface area contributed by atoms with Gasteiger partial charge in [0.1, 0.15) is 11.6 Å². The summed E-state index contributed by atoms with van der Waals surface area (Å²) in [6, 6.07) is 9.24. The lowest BCUT2D eigenvalue weighted by Gasteiger charge is -2.07. The van der Waals surface area contributed by atoms with Crippen molar-refractivity contribution in [1.82, 2.24) is 19.4 Å². The fraction of sp³-hybridized carbons (Fsp3) is 0.333. The van der Waals surface area contributed by atoms with Crippen LogP contribution in [0.1, 0.15) is 25.0 Å². The number of carbonyl (C=O) groups is 1. The Morgan fingerprint density at radius 3 is 2.62 bits per heavy atom. The lowest BCUT2D eigenvalue weighted by molar-refractivity contribution is -0.117. The number of hydrogen-bond donors (Lipinski definition) is 1. The van der Waals surface area contributed by atoms with Gasteiger partial charge < -0.3 is 5.32 Å². The highest BCUT2D eigenvalue weighted by molar-refractivity contribution is 7.99. The minimum Gasteiger partial charge on any atom is -0.324 e. The van der Waals surface area contributed by atoms with E-state index in [0.717, 1.165) is 20.8 Å². The van der Waals surface area contributed by atoms with Crippen LogP contribution in [0.2, 0.25) is 0 Å². The van der Waals surface area contributed by atoms with Gasteiger partial charge in [0.15, 0.2) is 5.65 Å². The maximum atomic E-state index is 12.5. The van der Waals surface area contributed by atoms with Gasteiger partial charge in [0.2, 0.25) is 5.91 Å². The maximum absolute atomic E-state index is 12.5. The van der Waals surface area contributed by atoms with Crippen LogP contribution in [0.5, 0.6) is 0 Å². The Kier molecular flexibility index (Phi) is 5.13. The molecule has 0 saturated carbocycles. The SMILES string of the molecule is Cc1ccc(NC(=O)Cn2nc3ccc(SC(C)C)nn3c2=O)cc1C. The summed E-state index contributed by atoms with van der Waals surface area (Å²) < 4.78 is 2.36. The Morgan fingerprint density at radius 2 is 1.92 bits per heavy atom. The monoisotopic (exact) mass is 371 g/mol. The molecule has 0 aliphatic carbocycles. The molecule has 0 aliphatic rings. The van der Waals surface area contributed by atoms with Crippen LogP contribution in [0.25, 0.3) is 5.65 Å². The second-order valence-corrected chi connectivity index (χ2v) is 7.99. The highest BCUT2D eigenvalue weighted by Gasteiger charge is 2.13. The number of rotatable bonds is 5. The Hall–Kier alpha value is -2.61. The van der Waals surface area contributed by atoms with Gasteiger partial charge in [0, 0.05) is 10.9 Å². The quantitative estimate of drug-likeness (QED) is 0.697. The van der Waals surface area contributed by atoms with E-state index in [1.54, 1.807) is 17.8 Å². The summed E-state index contributed by atoms with van der Waals surface area (Å²) in [5.41, 5.74) is 2.93. The van der Waals surface area contributed by atoms with Crippen molar-refractivity contribution in [2.45, 2.75) is 44.5 Å². The Labute approximate surface area is 155 Å². The van der Waals surface area contributed by atoms with Gasteiger partial charge in [-0.05, 0) is 49.2 Å². The Morgan fingerprint density at radius 1 is 1.15 bits per heavy atom. The van der Waals surface area contributed by atoms with E-state index in [9.17, 15) is 9.59 Å². The zero-order valence-electron chi connectivity index (χ0n) is 15.2. The zero-order valence-corrected chi connectivity index (χ0v) is 16.0. The fourth-order valence-electron chi connectivity index (χ4n) is 2.45. The van der Waals surface area contributed by atoms with E-state index in [4.69, 9.17) is 0 Å². The second kappa shape index (κ2) is 7.33. The molecule has 8 heteroatoms. The molecule has 2 heterocycles. The van der Waals surface area contributed by atoms with Crippen LogP contribution < -0.4 is 11.0 Å². The van der Waals surface area contributed by atoms with E-state index in [2.05, 4.69) is 29.4 Å². The maximum Gasteiger partial charge on any atom is 0.367 e. The van der Waals surface area contributed by atoms with Crippen molar-refractivity contribution in [3.63, 3.8) is 0 Å². The molecule has 0 fully saturated rings. The number of fused-ring (bicyclic) bond motifs is 1. The van der Waals surface area contributed by atoms with Gasteiger partial charge in [-0.3, -0.25) is 4.79 Å². The zero-order chi connectivity index (χ0) is 18.8. The molecular weight excluding hydrogens is 350 g/mol. The first-order chi connectivity index (χ1) is 12.3. The van der Waals surface area contributed by atoms with E-state index in [0.29, 0.717) is 16.6 Å². The number of nitrogens with one attached hydrogen (secondary N) is 1. The molecule has 0 radical (unpaired) electrons. The smallest absolute Gasteiger partial charge is 0.324 e. The van der Waals surface area contributed by atoms with Gasteiger partial charge in [-0.15, -0.1) is 16.9 Å². The molecule has 0 unspecified atom stereocenters. The summed E-state index contributed by atoms with van der Waals surface area (Å²) in [7, 11) is 0. The number of amides is 1. The number of thioether (sulfide) groups is 1. The van der Waals surface area contributed by atoms with Crippen molar-refractivity contribution in [3.8, 4) is 0 Å². The van der Waals surface area contributed by atoms with E-state index >= 15 is 0 Å².